The maximum atomic E-state index is 13.7. The van der Waals surface area contributed by atoms with Crippen molar-refractivity contribution < 1.29 is 8.78 Å². The lowest BCUT2D eigenvalue weighted by atomic mass is 10.0. The Kier molecular flexibility index (Phi) is 6.69. The van der Waals surface area contributed by atoms with E-state index in [0.717, 1.165) is 36.2 Å². The van der Waals surface area contributed by atoms with Crippen molar-refractivity contribution in [1.82, 2.24) is 9.80 Å². The third-order valence-corrected chi connectivity index (χ3v) is 5.96. The van der Waals surface area contributed by atoms with E-state index in [0.29, 0.717) is 23.1 Å². The van der Waals surface area contributed by atoms with Crippen molar-refractivity contribution in [3.8, 4) is 0 Å². The molecule has 1 aliphatic heterocycles. The van der Waals surface area contributed by atoms with E-state index in [9.17, 15) is 8.78 Å². The van der Waals surface area contributed by atoms with Crippen LogP contribution in [0.25, 0.3) is 0 Å². The lowest BCUT2D eigenvalue weighted by Gasteiger charge is -2.44. The molecule has 2 nitrogen and oxygen atoms in total. The molecule has 1 fully saturated rings. The molecule has 0 unspecified atom stereocenters. The predicted octanol–water partition coefficient (Wildman–Crippen LogP) is 6.68. The lowest BCUT2D eigenvalue weighted by Crippen LogP contribution is -2.47. The van der Waals surface area contributed by atoms with E-state index < -0.39 is 0 Å². The Morgan fingerprint density at radius 2 is 1.43 bits per heavy atom. The van der Waals surface area contributed by atoms with Crippen molar-refractivity contribution in [2.24, 2.45) is 0 Å². The minimum absolute atomic E-state index is 0.129. The molecule has 0 aromatic heterocycles. The standard InChI is InChI=1S/C24H22Cl2F2N2/c25-19-4-1-3-18(13-19)16-30-12-2-11-29(15-17-5-7-20(27)8-6-17)24(30)22-10-9-21(28)14-23(22)26/h1,3-10,13-14,24H,2,11-12,15-16H2/t24-/m0/s1. The first-order chi connectivity index (χ1) is 14.5. The number of halogens is 4. The molecule has 0 aliphatic carbocycles. The number of benzene rings is 3. The van der Waals surface area contributed by atoms with Crippen molar-refractivity contribution >= 4 is 23.2 Å². The molecule has 0 N–H and O–H groups in total. The molecule has 3 aromatic rings. The molecule has 4 rings (SSSR count). The van der Waals surface area contributed by atoms with E-state index in [1.165, 1.54) is 24.3 Å². The molecule has 6 heteroatoms. The summed E-state index contributed by atoms with van der Waals surface area (Å²) in [6.07, 6.45) is 0.854. The Labute approximate surface area is 185 Å². The molecule has 1 aliphatic rings. The average molecular weight is 447 g/mol. The number of rotatable bonds is 5. The first-order valence-electron chi connectivity index (χ1n) is 9.91. The van der Waals surface area contributed by atoms with Crippen LogP contribution < -0.4 is 0 Å². The fraction of sp³-hybridized carbons (Fsp3) is 0.250. The minimum Gasteiger partial charge on any atom is -0.280 e. The Hall–Kier alpha value is -1.98. The van der Waals surface area contributed by atoms with E-state index in [4.69, 9.17) is 23.2 Å². The Morgan fingerprint density at radius 3 is 2.10 bits per heavy atom. The van der Waals surface area contributed by atoms with Crippen molar-refractivity contribution in [2.75, 3.05) is 13.1 Å². The van der Waals surface area contributed by atoms with Gasteiger partial charge in [0.15, 0.2) is 0 Å². The SMILES string of the molecule is Fc1ccc(CN2CCCN(Cc3cccc(Cl)c3)[C@H]2c2ccc(F)cc2Cl)cc1. The number of nitrogens with zero attached hydrogens (tertiary/aromatic N) is 2. The zero-order valence-electron chi connectivity index (χ0n) is 16.4. The average Bonchev–Trinajstić information content (AvgIpc) is 2.71. The van der Waals surface area contributed by atoms with E-state index in [-0.39, 0.29) is 17.8 Å². The molecule has 1 heterocycles. The smallest absolute Gasteiger partial charge is 0.124 e. The summed E-state index contributed by atoms with van der Waals surface area (Å²) in [4.78, 5) is 4.64. The Bertz CT molecular complexity index is 1010. The predicted molar refractivity (Wildman–Crippen MR) is 117 cm³/mol. The quantitative estimate of drug-likeness (QED) is 0.431. The van der Waals surface area contributed by atoms with Crippen LogP contribution in [-0.4, -0.2) is 22.9 Å². The highest BCUT2D eigenvalue weighted by molar-refractivity contribution is 6.31. The molecule has 3 aromatic carbocycles. The van der Waals surface area contributed by atoms with Crippen molar-refractivity contribution in [3.05, 3.63) is 105 Å². The largest absolute Gasteiger partial charge is 0.280 e. The van der Waals surface area contributed by atoms with Gasteiger partial charge >= 0.3 is 0 Å². The second-order valence-electron chi connectivity index (χ2n) is 7.59. The monoisotopic (exact) mass is 446 g/mol. The van der Waals surface area contributed by atoms with Gasteiger partial charge in [0.25, 0.3) is 0 Å². The lowest BCUT2D eigenvalue weighted by molar-refractivity contribution is -0.00907. The summed E-state index contributed by atoms with van der Waals surface area (Å²) in [5, 5.41) is 1.10. The van der Waals surface area contributed by atoms with Crippen LogP contribution >= 0.6 is 23.2 Å². The van der Waals surface area contributed by atoms with E-state index in [2.05, 4.69) is 9.80 Å². The molecule has 0 radical (unpaired) electrons. The topological polar surface area (TPSA) is 6.48 Å². The summed E-state index contributed by atoms with van der Waals surface area (Å²) in [5.74, 6) is -0.607. The third-order valence-electron chi connectivity index (χ3n) is 5.40. The maximum absolute atomic E-state index is 13.7. The highest BCUT2D eigenvalue weighted by atomic mass is 35.5. The summed E-state index contributed by atoms with van der Waals surface area (Å²) >= 11 is 12.7. The molecule has 0 amide bonds. The fourth-order valence-electron chi connectivity index (χ4n) is 4.08. The molecule has 1 atom stereocenters. The molecule has 0 spiro atoms. The number of hydrogen-bond acceptors (Lipinski definition) is 2. The van der Waals surface area contributed by atoms with Gasteiger partial charge in [0, 0.05) is 41.8 Å². The van der Waals surface area contributed by atoms with Gasteiger partial charge in [0.05, 0.1) is 6.17 Å². The fourth-order valence-corrected chi connectivity index (χ4v) is 4.56. The normalized spacial score (nSPS) is 17.9. The Balaban J connectivity index is 1.67. The van der Waals surface area contributed by atoms with Crippen LogP contribution in [0.1, 0.15) is 29.3 Å². The van der Waals surface area contributed by atoms with Gasteiger partial charge in [0.2, 0.25) is 0 Å². The molecular weight excluding hydrogens is 425 g/mol. The molecule has 30 heavy (non-hydrogen) atoms. The molecule has 0 bridgehead atoms. The molecule has 1 saturated heterocycles. The van der Waals surface area contributed by atoms with Gasteiger partial charge < -0.3 is 0 Å². The molecule has 0 saturated carbocycles. The van der Waals surface area contributed by atoms with E-state index in [1.807, 2.05) is 24.3 Å². The van der Waals surface area contributed by atoms with Crippen molar-refractivity contribution in [3.63, 3.8) is 0 Å². The third kappa shape index (κ3) is 5.01. The summed E-state index contributed by atoms with van der Waals surface area (Å²) < 4.78 is 27.1. The molecule has 156 valence electrons. The highest BCUT2D eigenvalue weighted by Crippen LogP contribution is 2.36. The van der Waals surface area contributed by atoms with Crippen LogP contribution in [0.15, 0.2) is 66.7 Å². The molecular formula is C24H22Cl2F2N2. The van der Waals surface area contributed by atoms with Crippen LogP contribution in [0, 0.1) is 11.6 Å². The summed E-state index contributed by atoms with van der Waals surface area (Å²) in [7, 11) is 0. The van der Waals surface area contributed by atoms with Gasteiger partial charge in [-0.05, 0) is 53.9 Å². The van der Waals surface area contributed by atoms with Crippen molar-refractivity contribution in [1.29, 1.82) is 0 Å². The van der Waals surface area contributed by atoms with Crippen LogP contribution in [0.4, 0.5) is 8.78 Å². The van der Waals surface area contributed by atoms with Crippen LogP contribution in [0.2, 0.25) is 10.0 Å². The second-order valence-corrected chi connectivity index (χ2v) is 8.43. The zero-order valence-corrected chi connectivity index (χ0v) is 17.9. The van der Waals surface area contributed by atoms with Gasteiger partial charge in [-0.3, -0.25) is 9.80 Å². The first kappa shape index (κ1) is 21.3. The Morgan fingerprint density at radius 1 is 0.767 bits per heavy atom. The summed E-state index contributed by atoms with van der Waals surface area (Å²) in [6, 6.07) is 18.9. The zero-order chi connectivity index (χ0) is 21.1. The minimum atomic E-state index is -0.356. The highest BCUT2D eigenvalue weighted by Gasteiger charge is 2.32. The van der Waals surface area contributed by atoms with Crippen molar-refractivity contribution in [2.45, 2.75) is 25.7 Å². The number of hydrogen-bond donors (Lipinski definition) is 0. The van der Waals surface area contributed by atoms with E-state index >= 15 is 0 Å². The van der Waals surface area contributed by atoms with Gasteiger partial charge in [-0.1, -0.05) is 53.5 Å². The van der Waals surface area contributed by atoms with Gasteiger partial charge in [-0.25, -0.2) is 8.78 Å². The maximum Gasteiger partial charge on any atom is 0.124 e. The first-order valence-corrected chi connectivity index (χ1v) is 10.7. The van der Waals surface area contributed by atoms with Gasteiger partial charge in [-0.15, -0.1) is 0 Å². The second kappa shape index (κ2) is 9.44. The van der Waals surface area contributed by atoms with Crippen LogP contribution in [0.3, 0.4) is 0 Å². The van der Waals surface area contributed by atoms with Crippen LogP contribution in [-0.2, 0) is 13.1 Å². The van der Waals surface area contributed by atoms with Crippen LogP contribution in [0.5, 0.6) is 0 Å². The summed E-state index contributed by atoms with van der Waals surface area (Å²) in [6.45, 7) is 3.08. The summed E-state index contributed by atoms with van der Waals surface area (Å²) in [5.41, 5.74) is 2.99. The van der Waals surface area contributed by atoms with Gasteiger partial charge in [0.1, 0.15) is 11.6 Å². The van der Waals surface area contributed by atoms with Gasteiger partial charge in [-0.2, -0.15) is 0 Å². The van der Waals surface area contributed by atoms with E-state index in [1.54, 1.807) is 18.2 Å².